The van der Waals surface area contributed by atoms with Crippen LogP contribution < -0.4 is 0 Å². The molecule has 0 radical (unpaired) electrons. The Balaban J connectivity index is 1.58. The number of rotatable bonds is 5. The molecule has 0 bridgehead atoms. The van der Waals surface area contributed by atoms with Crippen LogP contribution in [0.5, 0.6) is 5.75 Å². The van der Waals surface area contributed by atoms with Gasteiger partial charge in [-0.2, -0.15) is 0 Å². The summed E-state index contributed by atoms with van der Waals surface area (Å²) in [6.45, 7) is 0. The first kappa shape index (κ1) is 19.6. The summed E-state index contributed by atoms with van der Waals surface area (Å²) in [5.74, 6) is 1.74. The molecule has 1 N–H and O–H groups in total. The average molecular weight is 415 g/mol. The molecular weight excluding hydrogens is 394 g/mol. The van der Waals surface area contributed by atoms with Crippen molar-refractivity contribution >= 4 is 0 Å². The molecule has 0 spiro atoms. The maximum absolute atomic E-state index is 10.8. The topological polar surface area (TPSA) is 58.9 Å². The molecule has 0 unspecified atom stereocenters. The first-order chi connectivity index (χ1) is 15.8. The standard InChI is InChI=1S/C28H21N3O/c32-25-19-21(18-20-10-4-1-5-11-20)16-17-24(25)28-30-26(22-12-6-2-7-13-22)29-27(31-28)23-14-8-3-9-15-23/h1-17,19,32H,18H2. The van der Waals surface area contributed by atoms with Crippen LogP contribution in [0.25, 0.3) is 34.2 Å². The molecular formula is C28H21N3O. The van der Waals surface area contributed by atoms with Gasteiger partial charge in [0.15, 0.2) is 17.5 Å². The van der Waals surface area contributed by atoms with Crippen molar-refractivity contribution in [2.75, 3.05) is 0 Å². The minimum atomic E-state index is 0.155. The number of aromatic nitrogens is 3. The van der Waals surface area contributed by atoms with Crippen LogP contribution in [0.1, 0.15) is 11.1 Å². The third-order valence-corrected chi connectivity index (χ3v) is 5.25. The largest absolute Gasteiger partial charge is 0.507 e. The predicted molar refractivity (Wildman–Crippen MR) is 127 cm³/mol. The number of hydrogen-bond donors (Lipinski definition) is 1. The molecule has 154 valence electrons. The zero-order valence-electron chi connectivity index (χ0n) is 17.4. The number of hydrogen-bond acceptors (Lipinski definition) is 4. The number of nitrogens with zero attached hydrogens (tertiary/aromatic N) is 3. The van der Waals surface area contributed by atoms with Crippen molar-refractivity contribution in [2.24, 2.45) is 0 Å². The molecule has 0 atom stereocenters. The minimum absolute atomic E-state index is 0.155. The third-order valence-electron chi connectivity index (χ3n) is 5.25. The van der Waals surface area contributed by atoms with Gasteiger partial charge in [-0.15, -0.1) is 0 Å². The molecule has 4 heteroatoms. The molecule has 32 heavy (non-hydrogen) atoms. The van der Waals surface area contributed by atoms with Gasteiger partial charge in [0, 0.05) is 11.1 Å². The van der Waals surface area contributed by atoms with Gasteiger partial charge < -0.3 is 5.11 Å². The lowest BCUT2D eigenvalue weighted by molar-refractivity contribution is 0.476. The van der Waals surface area contributed by atoms with Gasteiger partial charge in [0.2, 0.25) is 0 Å². The zero-order chi connectivity index (χ0) is 21.8. The number of phenolic OH excluding ortho intramolecular Hbond substituents is 1. The Morgan fingerprint density at radius 1 is 0.500 bits per heavy atom. The summed E-state index contributed by atoms with van der Waals surface area (Å²) in [5.41, 5.74) is 4.59. The molecule has 0 aliphatic heterocycles. The molecule has 5 rings (SSSR count). The quantitative estimate of drug-likeness (QED) is 0.373. The van der Waals surface area contributed by atoms with E-state index in [1.807, 2.05) is 91.0 Å². The van der Waals surface area contributed by atoms with Crippen LogP contribution in [-0.4, -0.2) is 20.1 Å². The van der Waals surface area contributed by atoms with Crippen LogP contribution in [0.2, 0.25) is 0 Å². The molecule has 4 aromatic carbocycles. The van der Waals surface area contributed by atoms with E-state index in [4.69, 9.17) is 15.0 Å². The van der Waals surface area contributed by atoms with Crippen molar-refractivity contribution < 1.29 is 5.11 Å². The van der Waals surface area contributed by atoms with E-state index in [0.717, 1.165) is 23.1 Å². The van der Waals surface area contributed by atoms with Crippen molar-refractivity contribution in [2.45, 2.75) is 6.42 Å². The predicted octanol–water partition coefficient (Wildman–Crippen LogP) is 6.17. The van der Waals surface area contributed by atoms with Gasteiger partial charge in [-0.1, -0.05) is 97.1 Å². The summed E-state index contributed by atoms with van der Waals surface area (Å²) in [6.07, 6.45) is 0.746. The van der Waals surface area contributed by atoms with Crippen LogP contribution in [0.3, 0.4) is 0 Å². The highest BCUT2D eigenvalue weighted by Crippen LogP contribution is 2.31. The Hall–Kier alpha value is -4.31. The van der Waals surface area contributed by atoms with Crippen LogP contribution in [0, 0.1) is 0 Å². The fraction of sp³-hybridized carbons (Fsp3) is 0.0357. The Bertz CT molecular complexity index is 1280. The van der Waals surface area contributed by atoms with Crippen LogP contribution in [0.4, 0.5) is 0 Å². The minimum Gasteiger partial charge on any atom is -0.507 e. The highest BCUT2D eigenvalue weighted by atomic mass is 16.3. The van der Waals surface area contributed by atoms with Gasteiger partial charge in [-0.05, 0) is 29.7 Å². The second-order valence-electron chi connectivity index (χ2n) is 7.55. The fourth-order valence-electron chi connectivity index (χ4n) is 3.64. The van der Waals surface area contributed by atoms with E-state index in [0.29, 0.717) is 23.0 Å². The number of phenols is 1. The molecule has 0 amide bonds. The van der Waals surface area contributed by atoms with Crippen molar-refractivity contribution in [3.8, 4) is 39.9 Å². The van der Waals surface area contributed by atoms with E-state index in [9.17, 15) is 5.11 Å². The highest BCUT2D eigenvalue weighted by molar-refractivity contribution is 5.70. The number of benzene rings is 4. The van der Waals surface area contributed by atoms with E-state index in [-0.39, 0.29) is 5.75 Å². The van der Waals surface area contributed by atoms with Gasteiger partial charge in [0.05, 0.1) is 5.56 Å². The van der Waals surface area contributed by atoms with Gasteiger partial charge in [0.1, 0.15) is 5.75 Å². The first-order valence-electron chi connectivity index (χ1n) is 10.5. The summed E-state index contributed by atoms with van der Waals surface area (Å²) in [5, 5.41) is 10.8. The molecule has 1 heterocycles. The maximum atomic E-state index is 10.8. The maximum Gasteiger partial charge on any atom is 0.167 e. The first-order valence-corrected chi connectivity index (χ1v) is 10.5. The summed E-state index contributed by atoms with van der Waals surface area (Å²) in [6, 6.07) is 35.5. The third kappa shape index (κ3) is 4.25. The Morgan fingerprint density at radius 2 is 1.00 bits per heavy atom. The average Bonchev–Trinajstić information content (AvgIpc) is 2.85. The lowest BCUT2D eigenvalue weighted by Crippen LogP contribution is -2.00. The molecule has 4 nitrogen and oxygen atoms in total. The van der Waals surface area contributed by atoms with E-state index >= 15 is 0 Å². The van der Waals surface area contributed by atoms with Crippen LogP contribution >= 0.6 is 0 Å². The van der Waals surface area contributed by atoms with Gasteiger partial charge in [-0.3, -0.25) is 0 Å². The SMILES string of the molecule is Oc1cc(Cc2ccccc2)ccc1-c1nc(-c2ccccc2)nc(-c2ccccc2)n1. The van der Waals surface area contributed by atoms with Crippen molar-refractivity contribution in [3.05, 3.63) is 120 Å². The molecule has 0 saturated carbocycles. The summed E-state index contributed by atoms with van der Waals surface area (Å²) in [4.78, 5) is 14.1. The van der Waals surface area contributed by atoms with E-state index in [1.165, 1.54) is 5.56 Å². The Morgan fingerprint density at radius 3 is 1.53 bits per heavy atom. The highest BCUT2D eigenvalue weighted by Gasteiger charge is 2.15. The second kappa shape index (κ2) is 8.82. The second-order valence-corrected chi connectivity index (χ2v) is 7.55. The zero-order valence-corrected chi connectivity index (χ0v) is 17.4. The van der Waals surface area contributed by atoms with Crippen molar-refractivity contribution in [1.82, 2.24) is 15.0 Å². The summed E-state index contributed by atoms with van der Waals surface area (Å²) >= 11 is 0. The molecule has 0 aliphatic rings. The van der Waals surface area contributed by atoms with E-state index in [1.54, 1.807) is 6.07 Å². The van der Waals surface area contributed by atoms with Crippen LogP contribution in [0.15, 0.2) is 109 Å². The Kier molecular flexibility index (Phi) is 5.41. The molecule has 1 aromatic heterocycles. The van der Waals surface area contributed by atoms with E-state index in [2.05, 4.69) is 12.1 Å². The smallest absolute Gasteiger partial charge is 0.167 e. The Labute approximate surface area is 186 Å². The van der Waals surface area contributed by atoms with Gasteiger partial charge >= 0.3 is 0 Å². The van der Waals surface area contributed by atoms with Gasteiger partial charge in [-0.25, -0.2) is 15.0 Å². The van der Waals surface area contributed by atoms with Crippen molar-refractivity contribution in [3.63, 3.8) is 0 Å². The fourth-order valence-corrected chi connectivity index (χ4v) is 3.64. The molecule has 5 aromatic rings. The van der Waals surface area contributed by atoms with Crippen molar-refractivity contribution in [1.29, 1.82) is 0 Å². The van der Waals surface area contributed by atoms with E-state index < -0.39 is 0 Å². The molecule has 0 fully saturated rings. The van der Waals surface area contributed by atoms with Gasteiger partial charge in [0.25, 0.3) is 0 Å². The number of aromatic hydroxyl groups is 1. The lowest BCUT2D eigenvalue weighted by Gasteiger charge is -2.10. The van der Waals surface area contributed by atoms with Crippen LogP contribution in [-0.2, 0) is 6.42 Å². The summed E-state index contributed by atoms with van der Waals surface area (Å²) in [7, 11) is 0. The monoisotopic (exact) mass is 415 g/mol. The summed E-state index contributed by atoms with van der Waals surface area (Å²) < 4.78 is 0. The molecule has 0 aliphatic carbocycles. The lowest BCUT2D eigenvalue weighted by atomic mass is 10.0. The normalized spacial score (nSPS) is 10.8. The molecule has 0 saturated heterocycles.